The number of carboxylic acids is 1. The molecule has 4 heteroatoms. The predicted molar refractivity (Wildman–Crippen MR) is 42.7 cm³/mol. The van der Waals surface area contributed by atoms with Gasteiger partial charge in [-0.15, -0.1) is 0 Å². The summed E-state index contributed by atoms with van der Waals surface area (Å²) in [5.41, 5.74) is 0.821. The molecule has 0 saturated heterocycles. The number of carboxylic acid groups (broad SMARTS) is 1. The molecule has 1 aliphatic rings. The van der Waals surface area contributed by atoms with E-state index in [1.54, 1.807) is 0 Å². The lowest BCUT2D eigenvalue weighted by Gasteiger charge is -1.97. The molecule has 0 fully saturated rings. The number of ether oxygens (including phenoxy) is 1. The van der Waals surface area contributed by atoms with Crippen LogP contribution in [0, 0.1) is 0 Å². The van der Waals surface area contributed by atoms with Crippen LogP contribution in [0.5, 0.6) is 5.75 Å². The van der Waals surface area contributed by atoms with Crippen molar-refractivity contribution in [1.82, 2.24) is 0 Å². The van der Waals surface area contributed by atoms with E-state index in [1.807, 2.05) is 0 Å². The summed E-state index contributed by atoms with van der Waals surface area (Å²) in [5, 5.41) is 8.66. The number of esters is 1. The highest BCUT2D eigenvalue weighted by Crippen LogP contribution is 2.26. The highest BCUT2D eigenvalue weighted by molar-refractivity contribution is 5.90. The second kappa shape index (κ2) is 2.58. The summed E-state index contributed by atoms with van der Waals surface area (Å²) in [6.07, 6.45) is 0.163. The number of hydrogen-bond acceptors (Lipinski definition) is 3. The van der Waals surface area contributed by atoms with Crippen molar-refractivity contribution in [3.05, 3.63) is 29.3 Å². The van der Waals surface area contributed by atoms with Crippen LogP contribution in [0.1, 0.15) is 15.9 Å². The number of carbonyl (C=O) groups excluding carboxylic acids is 1. The van der Waals surface area contributed by atoms with Gasteiger partial charge in [-0.05, 0) is 18.2 Å². The smallest absolute Gasteiger partial charge is 0.335 e. The minimum absolute atomic E-state index is 0.163. The van der Waals surface area contributed by atoms with Crippen LogP contribution in [0.15, 0.2) is 18.2 Å². The maximum atomic E-state index is 10.8. The fraction of sp³-hybridized carbons (Fsp3) is 0.111. The van der Waals surface area contributed by atoms with Gasteiger partial charge in [0, 0.05) is 5.56 Å². The molecule has 1 aromatic rings. The fourth-order valence-corrected chi connectivity index (χ4v) is 1.26. The van der Waals surface area contributed by atoms with E-state index in [2.05, 4.69) is 0 Å². The summed E-state index contributed by atoms with van der Waals surface area (Å²) in [5.74, 6) is -0.866. The minimum atomic E-state index is -0.998. The number of rotatable bonds is 1. The first-order chi connectivity index (χ1) is 6.16. The number of hydrogen-bond donors (Lipinski definition) is 1. The maximum Gasteiger partial charge on any atom is 0.335 e. The molecule has 0 unspecified atom stereocenters. The third-order valence-electron chi connectivity index (χ3n) is 1.87. The van der Waals surface area contributed by atoms with Gasteiger partial charge in [0.25, 0.3) is 0 Å². The van der Waals surface area contributed by atoms with Crippen molar-refractivity contribution in [2.75, 3.05) is 0 Å². The van der Waals surface area contributed by atoms with E-state index < -0.39 is 5.97 Å². The average molecular weight is 178 g/mol. The van der Waals surface area contributed by atoms with Crippen molar-refractivity contribution in [2.45, 2.75) is 6.42 Å². The molecule has 0 amide bonds. The molecule has 1 aromatic carbocycles. The first-order valence-electron chi connectivity index (χ1n) is 3.74. The Morgan fingerprint density at radius 3 is 2.92 bits per heavy atom. The van der Waals surface area contributed by atoms with Crippen LogP contribution in [0.2, 0.25) is 0 Å². The van der Waals surface area contributed by atoms with Gasteiger partial charge in [-0.2, -0.15) is 0 Å². The number of fused-ring (bicyclic) bond motifs is 1. The Balaban J connectivity index is 2.45. The van der Waals surface area contributed by atoms with Crippen LogP contribution in [0.25, 0.3) is 0 Å². The predicted octanol–water partition coefficient (Wildman–Crippen LogP) is 0.846. The molecule has 1 aliphatic heterocycles. The molecular formula is C9H6O4. The highest BCUT2D eigenvalue weighted by Gasteiger charge is 2.21. The molecule has 1 N–H and O–H groups in total. The summed E-state index contributed by atoms with van der Waals surface area (Å²) >= 11 is 0. The second-order valence-electron chi connectivity index (χ2n) is 2.78. The van der Waals surface area contributed by atoms with Crippen LogP contribution < -0.4 is 4.74 Å². The average Bonchev–Trinajstić information content (AvgIpc) is 2.42. The van der Waals surface area contributed by atoms with Crippen molar-refractivity contribution in [2.24, 2.45) is 0 Å². The van der Waals surface area contributed by atoms with Gasteiger partial charge in [0.05, 0.1) is 12.0 Å². The largest absolute Gasteiger partial charge is 0.478 e. The van der Waals surface area contributed by atoms with Crippen molar-refractivity contribution < 1.29 is 19.4 Å². The number of carbonyl (C=O) groups is 2. The highest BCUT2D eigenvalue weighted by atomic mass is 16.5. The van der Waals surface area contributed by atoms with Gasteiger partial charge in [0.2, 0.25) is 0 Å². The van der Waals surface area contributed by atoms with E-state index >= 15 is 0 Å². The summed E-state index contributed by atoms with van der Waals surface area (Å²) in [6.45, 7) is 0. The third kappa shape index (κ3) is 1.26. The molecule has 0 bridgehead atoms. The zero-order chi connectivity index (χ0) is 9.42. The van der Waals surface area contributed by atoms with Gasteiger partial charge in [-0.25, -0.2) is 4.79 Å². The molecule has 2 rings (SSSR count). The van der Waals surface area contributed by atoms with Gasteiger partial charge >= 0.3 is 11.9 Å². The van der Waals surface area contributed by atoms with Gasteiger partial charge < -0.3 is 9.84 Å². The zero-order valence-corrected chi connectivity index (χ0v) is 6.61. The Morgan fingerprint density at radius 1 is 1.46 bits per heavy atom. The Labute approximate surface area is 73.8 Å². The molecule has 0 aromatic heterocycles. The molecule has 0 radical (unpaired) electrons. The number of benzene rings is 1. The SMILES string of the molecule is O=C1Cc2cc(C(=O)O)ccc2O1. The third-order valence-corrected chi connectivity index (χ3v) is 1.87. The summed E-state index contributed by atoms with van der Waals surface area (Å²) in [6, 6.07) is 4.38. The zero-order valence-electron chi connectivity index (χ0n) is 6.61. The van der Waals surface area contributed by atoms with Crippen LogP contribution >= 0.6 is 0 Å². The lowest BCUT2D eigenvalue weighted by molar-refractivity contribution is -0.131. The Morgan fingerprint density at radius 2 is 2.23 bits per heavy atom. The van der Waals surface area contributed by atoms with Gasteiger partial charge in [-0.3, -0.25) is 4.79 Å². The summed E-state index contributed by atoms with van der Waals surface area (Å²) in [4.78, 5) is 21.4. The van der Waals surface area contributed by atoms with Crippen LogP contribution in [0.4, 0.5) is 0 Å². The van der Waals surface area contributed by atoms with E-state index in [0.717, 1.165) is 0 Å². The molecule has 0 atom stereocenters. The van der Waals surface area contributed by atoms with E-state index in [0.29, 0.717) is 11.3 Å². The van der Waals surface area contributed by atoms with E-state index in [1.165, 1.54) is 18.2 Å². The van der Waals surface area contributed by atoms with Gasteiger partial charge in [-0.1, -0.05) is 0 Å². The molecule has 1 heterocycles. The quantitative estimate of drug-likeness (QED) is 0.511. The molecule has 4 nitrogen and oxygen atoms in total. The second-order valence-corrected chi connectivity index (χ2v) is 2.78. The molecule has 13 heavy (non-hydrogen) atoms. The van der Waals surface area contributed by atoms with Crippen molar-refractivity contribution in [3.63, 3.8) is 0 Å². The topological polar surface area (TPSA) is 63.6 Å². The van der Waals surface area contributed by atoms with Crippen molar-refractivity contribution in [1.29, 1.82) is 0 Å². The monoisotopic (exact) mass is 178 g/mol. The Hall–Kier alpha value is -1.84. The van der Waals surface area contributed by atoms with Crippen LogP contribution in [-0.2, 0) is 11.2 Å². The minimum Gasteiger partial charge on any atom is -0.478 e. The van der Waals surface area contributed by atoms with Crippen molar-refractivity contribution in [3.8, 4) is 5.75 Å². The fourth-order valence-electron chi connectivity index (χ4n) is 1.26. The first kappa shape index (κ1) is 7.79. The molecule has 0 spiro atoms. The van der Waals surface area contributed by atoms with Crippen molar-refractivity contribution >= 4 is 11.9 Å². The first-order valence-corrected chi connectivity index (χ1v) is 3.74. The van der Waals surface area contributed by atoms with E-state index in [-0.39, 0.29) is 18.0 Å². The molecular weight excluding hydrogens is 172 g/mol. The lowest BCUT2D eigenvalue weighted by Crippen LogP contribution is -2.00. The van der Waals surface area contributed by atoms with Crippen LogP contribution in [-0.4, -0.2) is 17.0 Å². The summed E-state index contributed by atoms with van der Waals surface area (Å²) in [7, 11) is 0. The number of aromatic carboxylic acids is 1. The lowest BCUT2D eigenvalue weighted by atomic mass is 10.1. The molecule has 0 saturated carbocycles. The molecule has 66 valence electrons. The van der Waals surface area contributed by atoms with Crippen LogP contribution in [0.3, 0.4) is 0 Å². The summed E-state index contributed by atoms with van der Waals surface area (Å²) < 4.78 is 4.81. The van der Waals surface area contributed by atoms with E-state index in [9.17, 15) is 9.59 Å². The van der Waals surface area contributed by atoms with Gasteiger partial charge in [0.15, 0.2) is 0 Å². The Kier molecular flexibility index (Phi) is 1.55. The normalized spacial score (nSPS) is 13.7. The van der Waals surface area contributed by atoms with E-state index in [4.69, 9.17) is 9.84 Å². The standard InChI is InChI=1S/C9H6O4/c10-8-4-6-3-5(9(11)12)1-2-7(6)13-8/h1-3H,4H2,(H,11,12). The Bertz CT molecular complexity index is 395. The van der Waals surface area contributed by atoms with Gasteiger partial charge in [0.1, 0.15) is 5.75 Å². The molecule has 0 aliphatic carbocycles. The maximum absolute atomic E-state index is 10.8.